The molecule has 0 saturated carbocycles. The van der Waals surface area contributed by atoms with Gasteiger partial charge in [-0.25, -0.2) is 0 Å². The van der Waals surface area contributed by atoms with E-state index in [0.717, 1.165) is 6.42 Å². The van der Waals surface area contributed by atoms with Gasteiger partial charge in [0.15, 0.2) is 0 Å². The van der Waals surface area contributed by atoms with E-state index >= 15 is 0 Å². The van der Waals surface area contributed by atoms with Gasteiger partial charge in [0, 0.05) is 47.9 Å². The molecule has 142 valence electrons. The lowest BCUT2D eigenvalue weighted by Gasteiger charge is -2.34. The summed E-state index contributed by atoms with van der Waals surface area (Å²) in [6.45, 7) is 6.50. The molecule has 1 aromatic rings. The van der Waals surface area contributed by atoms with E-state index in [-0.39, 0.29) is 23.5 Å². The zero-order valence-corrected chi connectivity index (χ0v) is 17.1. The Hall–Kier alpha value is -1.75. The maximum Gasteiger partial charge on any atom is 0.270 e. The highest BCUT2D eigenvalue weighted by molar-refractivity contribution is 14.1. The van der Waals surface area contributed by atoms with Gasteiger partial charge in [0.25, 0.3) is 11.6 Å². The molecule has 0 radical (unpaired) electrons. The average molecular weight is 474 g/mol. The molecule has 26 heavy (non-hydrogen) atoms. The minimum Gasteiger partial charge on any atom is -0.353 e. The van der Waals surface area contributed by atoms with Crippen LogP contribution in [0.5, 0.6) is 0 Å². The van der Waals surface area contributed by atoms with E-state index in [2.05, 4.69) is 5.32 Å². The van der Waals surface area contributed by atoms with Gasteiger partial charge in [0.2, 0.25) is 5.91 Å². The second-order valence-electron chi connectivity index (χ2n) is 6.37. The van der Waals surface area contributed by atoms with E-state index in [0.29, 0.717) is 41.9 Å². The Morgan fingerprint density at radius 3 is 2.54 bits per heavy atom. The van der Waals surface area contributed by atoms with Crippen LogP contribution in [0.3, 0.4) is 0 Å². The molecule has 2 amide bonds. The summed E-state index contributed by atoms with van der Waals surface area (Å²) in [4.78, 5) is 38.8. The lowest BCUT2D eigenvalue weighted by molar-refractivity contribution is -0.384. The van der Waals surface area contributed by atoms with Crippen molar-refractivity contribution in [3.63, 3.8) is 0 Å². The molecule has 1 aromatic carbocycles. The fourth-order valence-corrected chi connectivity index (χ4v) is 3.26. The number of amides is 2. The monoisotopic (exact) mass is 474 g/mol. The summed E-state index contributed by atoms with van der Waals surface area (Å²) in [5.41, 5.74) is 0.261. The van der Waals surface area contributed by atoms with Crippen molar-refractivity contribution in [2.45, 2.75) is 26.3 Å². The van der Waals surface area contributed by atoms with Crippen LogP contribution >= 0.6 is 22.6 Å². The molecule has 1 aliphatic rings. The van der Waals surface area contributed by atoms with E-state index in [1.165, 1.54) is 12.1 Å². The van der Waals surface area contributed by atoms with Crippen molar-refractivity contribution in [1.82, 2.24) is 15.1 Å². The van der Waals surface area contributed by atoms with Crippen molar-refractivity contribution in [1.29, 1.82) is 0 Å². The third kappa shape index (κ3) is 5.37. The Morgan fingerprint density at radius 1 is 1.31 bits per heavy atom. The van der Waals surface area contributed by atoms with Gasteiger partial charge < -0.3 is 10.2 Å². The van der Waals surface area contributed by atoms with Gasteiger partial charge in [0.1, 0.15) is 0 Å². The number of nitro benzene ring substituents is 1. The number of benzene rings is 1. The third-order valence-corrected chi connectivity index (χ3v) is 5.38. The molecule has 1 fully saturated rings. The lowest BCUT2D eigenvalue weighted by atomic mass is 10.1. The number of nitrogens with zero attached hydrogens (tertiary/aromatic N) is 3. The molecular weight excluding hydrogens is 451 g/mol. The van der Waals surface area contributed by atoms with E-state index in [4.69, 9.17) is 0 Å². The molecule has 0 aromatic heterocycles. The topological polar surface area (TPSA) is 95.8 Å². The van der Waals surface area contributed by atoms with Gasteiger partial charge >= 0.3 is 0 Å². The standard InChI is InChI=1S/C17H23IN4O4/c1-3-12(2)19-16(23)11-20-6-8-21(9-7-20)17(24)14-10-13(22(25)26)4-5-15(14)18/h4-5,10,12H,3,6-9,11H2,1-2H3,(H,19,23). The Bertz CT molecular complexity index is 689. The summed E-state index contributed by atoms with van der Waals surface area (Å²) in [7, 11) is 0. The van der Waals surface area contributed by atoms with Crippen LogP contribution in [0.1, 0.15) is 30.6 Å². The van der Waals surface area contributed by atoms with Crippen LogP contribution in [0.15, 0.2) is 18.2 Å². The molecule has 1 saturated heterocycles. The zero-order valence-electron chi connectivity index (χ0n) is 14.9. The SMILES string of the molecule is CCC(C)NC(=O)CN1CCN(C(=O)c2cc([N+](=O)[O-])ccc2I)CC1. The molecule has 1 heterocycles. The molecular formula is C17H23IN4O4. The first kappa shape index (κ1) is 20.6. The Balaban J connectivity index is 1.93. The number of nitrogens with one attached hydrogen (secondary N) is 1. The van der Waals surface area contributed by atoms with Crippen LogP contribution in [-0.4, -0.2) is 65.3 Å². The highest BCUT2D eigenvalue weighted by atomic mass is 127. The Kier molecular flexibility index (Phi) is 7.33. The average Bonchev–Trinajstić information content (AvgIpc) is 2.61. The summed E-state index contributed by atoms with van der Waals surface area (Å²) < 4.78 is 0.688. The number of carbonyl (C=O) groups is 2. The first-order chi connectivity index (χ1) is 12.3. The fraction of sp³-hybridized carbons (Fsp3) is 0.529. The van der Waals surface area contributed by atoms with Gasteiger partial charge in [-0.1, -0.05) is 6.92 Å². The minimum absolute atomic E-state index is 0.00707. The molecule has 0 aliphatic carbocycles. The maximum absolute atomic E-state index is 12.7. The van der Waals surface area contributed by atoms with E-state index < -0.39 is 4.92 Å². The Labute approximate surface area is 166 Å². The van der Waals surface area contributed by atoms with E-state index in [1.54, 1.807) is 11.0 Å². The molecule has 0 bridgehead atoms. The van der Waals surface area contributed by atoms with E-state index in [1.807, 2.05) is 41.3 Å². The normalized spacial score (nSPS) is 16.2. The van der Waals surface area contributed by atoms with Crippen LogP contribution in [-0.2, 0) is 4.79 Å². The van der Waals surface area contributed by atoms with Gasteiger partial charge in [-0.15, -0.1) is 0 Å². The maximum atomic E-state index is 12.7. The predicted octanol–water partition coefficient (Wildman–Crippen LogP) is 1.87. The molecule has 2 rings (SSSR count). The van der Waals surface area contributed by atoms with Crippen molar-refractivity contribution in [2.75, 3.05) is 32.7 Å². The van der Waals surface area contributed by atoms with Crippen molar-refractivity contribution < 1.29 is 14.5 Å². The number of non-ortho nitro benzene ring substituents is 1. The number of hydrogen-bond acceptors (Lipinski definition) is 5. The molecule has 1 N–H and O–H groups in total. The van der Waals surface area contributed by atoms with Gasteiger partial charge in [0.05, 0.1) is 17.0 Å². The van der Waals surface area contributed by atoms with Crippen molar-refractivity contribution in [2.24, 2.45) is 0 Å². The van der Waals surface area contributed by atoms with Crippen molar-refractivity contribution >= 4 is 40.1 Å². The fourth-order valence-electron chi connectivity index (χ4n) is 2.70. The summed E-state index contributed by atoms with van der Waals surface area (Å²) in [5.74, 6) is -0.214. The van der Waals surface area contributed by atoms with Crippen molar-refractivity contribution in [3.05, 3.63) is 37.4 Å². The largest absolute Gasteiger partial charge is 0.353 e. The van der Waals surface area contributed by atoms with Gasteiger partial charge in [-0.3, -0.25) is 24.6 Å². The van der Waals surface area contributed by atoms with E-state index in [9.17, 15) is 19.7 Å². The third-order valence-electron chi connectivity index (χ3n) is 4.44. The number of rotatable bonds is 6. The summed E-state index contributed by atoms with van der Waals surface area (Å²) >= 11 is 2.01. The smallest absolute Gasteiger partial charge is 0.270 e. The molecule has 9 heteroatoms. The second-order valence-corrected chi connectivity index (χ2v) is 7.53. The number of hydrogen-bond donors (Lipinski definition) is 1. The number of piperazine rings is 1. The number of carbonyl (C=O) groups excluding carboxylic acids is 2. The molecule has 1 atom stereocenters. The summed E-state index contributed by atoms with van der Waals surface area (Å²) in [5, 5.41) is 13.9. The predicted molar refractivity (Wildman–Crippen MR) is 106 cm³/mol. The van der Waals surface area contributed by atoms with Crippen LogP contribution in [0.2, 0.25) is 0 Å². The number of nitro groups is 1. The molecule has 1 unspecified atom stereocenters. The molecule has 1 aliphatic heterocycles. The van der Waals surface area contributed by atoms with Crippen LogP contribution in [0.25, 0.3) is 0 Å². The van der Waals surface area contributed by atoms with Gasteiger partial charge in [-0.05, 0) is 42.0 Å². The summed E-state index contributed by atoms with van der Waals surface area (Å²) in [6, 6.07) is 4.46. The zero-order chi connectivity index (χ0) is 19.3. The van der Waals surface area contributed by atoms with Crippen LogP contribution in [0, 0.1) is 13.7 Å². The quantitative estimate of drug-likeness (QED) is 0.386. The highest BCUT2D eigenvalue weighted by Crippen LogP contribution is 2.21. The lowest BCUT2D eigenvalue weighted by Crippen LogP contribution is -2.51. The second kappa shape index (κ2) is 9.26. The van der Waals surface area contributed by atoms with Gasteiger partial charge in [-0.2, -0.15) is 0 Å². The summed E-state index contributed by atoms with van der Waals surface area (Å²) in [6.07, 6.45) is 0.885. The highest BCUT2D eigenvalue weighted by Gasteiger charge is 2.25. The first-order valence-electron chi connectivity index (χ1n) is 8.56. The Morgan fingerprint density at radius 2 is 1.96 bits per heavy atom. The van der Waals surface area contributed by atoms with Crippen molar-refractivity contribution in [3.8, 4) is 0 Å². The van der Waals surface area contributed by atoms with Crippen LogP contribution in [0.4, 0.5) is 5.69 Å². The molecule has 0 spiro atoms. The van der Waals surface area contributed by atoms with Crippen LogP contribution < -0.4 is 5.32 Å². The minimum atomic E-state index is -0.499. The molecule has 8 nitrogen and oxygen atoms in total. The number of halogens is 1. The first-order valence-corrected chi connectivity index (χ1v) is 9.64.